The Morgan fingerprint density at radius 2 is 1.78 bits per heavy atom. The molecule has 1 aromatic carbocycles. The van der Waals surface area contributed by atoms with E-state index in [1.807, 2.05) is 25.1 Å². The van der Waals surface area contributed by atoms with E-state index in [0.717, 1.165) is 49.8 Å². The molecule has 1 aliphatic heterocycles. The highest BCUT2D eigenvalue weighted by Gasteiger charge is 2.18. The molecule has 0 bridgehead atoms. The summed E-state index contributed by atoms with van der Waals surface area (Å²) in [4.78, 5) is 13.2. The third-order valence-corrected chi connectivity index (χ3v) is 4.43. The van der Waals surface area contributed by atoms with Gasteiger partial charge in [0.25, 0.3) is 0 Å². The Kier molecular flexibility index (Phi) is 5.64. The van der Waals surface area contributed by atoms with Gasteiger partial charge in [0.2, 0.25) is 5.95 Å². The first kappa shape index (κ1) is 19.2. The van der Waals surface area contributed by atoms with Crippen molar-refractivity contribution in [3.05, 3.63) is 47.2 Å². The van der Waals surface area contributed by atoms with E-state index in [1.165, 1.54) is 5.56 Å². The summed E-state index contributed by atoms with van der Waals surface area (Å²) in [6, 6.07) is 10.2. The molecular formula is C21H27N5O. The van der Waals surface area contributed by atoms with Crippen LogP contribution in [0.3, 0.4) is 0 Å². The van der Waals surface area contributed by atoms with Crippen molar-refractivity contribution in [3.8, 4) is 11.8 Å². The van der Waals surface area contributed by atoms with Crippen LogP contribution in [0.25, 0.3) is 0 Å². The van der Waals surface area contributed by atoms with Crippen LogP contribution in [0.4, 0.5) is 11.8 Å². The van der Waals surface area contributed by atoms with Gasteiger partial charge in [0.15, 0.2) is 0 Å². The first-order chi connectivity index (χ1) is 12.8. The third-order valence-electron chi connectivity index (χ3n) is 4.43. The van der Waals surface area contributed by atoms with Crippen LogP contribution >= 0.6 is 0 Å². The lowest BCUT2D eigenvalue weighted by Gasteiger charge is -2.35. The maximum atomic E-state index is 9.68. The highest BCUT2D eigenvalue weighted by atomic mass is 16.3. The summed E-state index contributed by atoms with van der Waals surface area (Å²) in [6.07, 6.45) is 0. The quantitative estimate of drug-likeness (QED) is 0.808. The number of hydrogen-bond donors (Lipinski definition) is 2. The van der Waals surface area contributed by atoms with Crippen molar-refractivity contribution >= 4 is 11.8 Å². The average molecular weight is 365 g/mol. The Morgan fingerprint density at radius 3 is 2.37 bits per heavy atom. The molecule has 27 heavy (non-hydrogen) atoms. The van der Waals surface area contributed by atoms with Crippen molar-refractivity contribution in [2.24, 2.45) is 0 Å². The number of anilines is 2. The van der Waals surface area contributed by atoms with Gasteiger partial charge in [0, 0.05) is 50.0 Å². The minimum atomic E-state index is -0.967. The van der Waals surface area contributed by atoms with Crippen LogP contribution in [0.5, 0.6) is 0 Å². The van der Waals surface area contributed by atoms with Crippen LogP contribution in [0.15, 0.2) is 30.3 Å². The fourth-order valence-corrected chi connectivity index (χ4v) is 3.05. The lowest BCUT2D eigenvalue weighted by molar-refractivity contribution is 0.143. The highest BCUT2D eigenvalue weighted by Crippen LogP contribution is 2.17. The first-order valence-electron chi connectivity index (χ1n) is 9.21. The molecule has 3 N–H and O–H groups in total. The van der Waals surface area contributed by atoms with E-state index >= 15 is 0 Å². The Morgan fingerprint density at radius 1 is 1.11 bits per heavy atom. The molecule has 2 heterocycles. The van der Waals surface area contributed by atoms with Crippen LogP contribution in [-0.4, -0.2) is 51.8 Å². The van der Waals surface area contributed by atoms with Gasteiger partial charge in [-0.1, -0.05) is 24.0 Å². The van der Waals surface area contributed by atoms with E-state index in [-0.39, 0.29) is 0 Å². The number of nitrogen functional groups attached to an aromatic ring is 1. The van der Waals surface area contributed by atoms with E-state index in [1.54, 1.807) is 13.8 Å². The van der Waals surface area contributed by atoms with Gasteiger partial charge < -0.3 is 15.7 Å². The summed E-state index contributed by atoms with van der Waals surface area (Å²) in [6.45, 7) is 10.0. The predicted molar refractivity (Wildman–Crippen MR) is 108 cm³/mol. The van der Waals surface area contributed by atoms with E-state index in [4.69, 9.17) is 5.73 Å². The van der Waals surface area contributed by atoms with Crippen molar-refractivity contribution < 1.29 is 5.11 Å². The smallest absolute Gasteiger partial charge is 0.222 e. The molecule has 6 heteroatoms. The van der Waals surface area contributed by atoms with Crippen molar-refractivity contribution in [1.82, 2.24) is 14.9 Å². The van der Waals surface area contributed by atoms with Crippen LogP contribution < -0.4 is 10.6 Å². The second kappa shape index (κ2) is 7.95. The standard InChI is InChI=1S/C21H27N5O/c1-16-14-19(24-20(22)23-16)26-12-10-25(11-13-26)15-18-6-4-17(5-7-18)8-9-21(2,3)27/h4-7,14,27H,10-13,15H2,1-3H3,(H2,22,23,24). The van der Waals surface area contributed by atoms with Crippen molar-refractivity contribution in [2.75, 3.05) is 36.8 Å². The lowest BCUT2D eigenvalue weighted by Crippen LogP contribution is -2.46. The van der Waals surface area contributed by atoms with Gasteiger partial charge in [-0.05, 0) is 38.5 Å². The molecule has 0 spiro atoms. The van der Waals surface area contributed by atoms with Crippen molar-refractivity contribution in [3.63, 3.8) is 0 Å². The van der Waals surface area contributed by atoms with Crippen LogP contribution in [-0.2, 0) is 6.54 Å². The summed E-state index contributed by atoms with van der Waals surface area (Å²) in [5.41, 5.74) is 7.88. The molecule has 0 radical (unpaired) electrons. The third kappa shape index (κ3) is 5.68. The van der Waals surface area contributed by atoms with Gasteiger partial charge in [-0.15, -0.1) is 0 Å². The number of hydrogen-bond acceptors (Lipinski definition) is 6. The van der Waals surface area contributed by atoms with Crippen LogP contribution in [0.1, 0.15) is 30.7 Å². The number of benzene rings is 1. The second-order valence-corrected chi connectivity index (χ2v) is 7.49. The maximum Gasteiger partial charge on any atom is 0.222 e. The number of aryl methyl sites for hydroxylation is 1. The minimum absolute atomic E-state index is 0.334. The summed E-state index contributed by atoms with van der Waals surface area (Å²) in [5.74, 6) is 7.09. The van der Waals surface area contributed by atoms with Gasteiger partial charge in [-0.2, -0.15) is 4.98 Å². The Bertz CT molecular complexity index is 817. The van der Waals surface area contributed by atoms with Gasteiger partial charge in [0.05, 0.1) is 0 Å². The summed E-state index contributed by atoms with van der Waals surface area (Å²) >= 11 is 0. The lowest BCUT2D eigenvalue weighted by atomic mass is 10.1. The Hall–Kier alpha value is -2.62. The monoisotopic (exact) mass is 365 g/mol. The molecule has 0 amide bonds. The summed E-state index contributed by atoms with van der Waals surface area (Å²) in [7, 11) is 0. The molecule has 2 aromatic rings. The van der Waals surface area contributed by atoms with E-state index in [9.17, 15) is 5.11 Å². The number of rotatable bonds is 3. The maximum absolute atomic E-state index is 9.68. The van der Waals surface area contributed by atoms with Gasteiger partial charge >= 0.3 is 0 Å². The van der Waals surface area contributed by atoms with Gasteiger partial charge in [0.1, 0.15) is 11.4 Å². The topological polar surface area (TPSA) is 78.5 Å². The molecule has 0 aliphatic carbocycles. The van der Waals surface area contributed by atoms with Crippen molar-refractivity contribution in [2.45, 2.75) is 32.9 Å². The largest absolute Gasteiger partial charge is 0.378 e. The fraction of sp³-hybridized carbons (Fsp3) is 0.429. The predicted octanol–water partition coefficient (Wildman–Crippen LogP) is 1.81. The number of nitrogens with zero attached hydrogens (tertiary/aromatic N) is 4. The zero-order valence-electron chi connectivity index (χ0n) is 16.2. The zero-order chi connectivity index (χ0) is 19.4. The molecule has 1 aromatic heterocycles. The number of aromatic nitrogens is 2. The number of aliphatic hydroxyl groups is 1. The molecule has 1 saturated heterocycles. The number of piperazine rings is 1. The molecule has 6 nitrogen and oxygen atoms in total. The molecule has 0 atom stereocenters. The summed E-state index contributed by atoms with van der Waals surface area (Å²) < 4.78 is 0. The van der Waals surface area contributed by atoms with Gasteiger partial charge in [-0.3, -0.25) is 4.90 Å². The first-order valence-corrected chi connectivity index (χ1v) is 9.21. The SMILES string of the molecule is Cc1cc(N2CCN(Cc3ccc(C#CC(C)(C)O)cc3)CC2)nc(N)n1. The second-order valence-electron chi connectivity index (χ2n) is 7.49. The normalized spacial score (nSPS) is 15.3. The van der Waals surface area contributed by atoms with E-state index in [0.29, 0.717) is 5.95 Å². The minimum Gasteiger partial charge on any atom is -0.378 e. The molecule has 3 rings (SSSR count). The van der Waals surface area contributed by atoms with Gasteiger partial charge in [-0.25, -0.2) is 4.98 Å². The van der Waals surface area contributed by atoms with Crippen LogP contribution in [0, 0.1) is 18.8 Å². The summed E-state index contributed by atoms with van der Waals surface area (Å²) in [5, 5.41) is 9.68. The highest BCUT2D eigenvalue weighted by molar-refractivity contribution is 5.44. The van der Waals surface area contributed by atoms with Crippen LogP contribution in [0.2, 0.25) is 0 Å². The average Bonchev–Trinajstić information content (AvgIpc) is 2.60. The fourth-order valence-electron chi connectivity index (χ4n) is 3.05. The van der Waals surface area contributed by atoms with Crippen molar-refractivity contribution in [1.29, 1.82) is 0 Å². The molecule has 0 saturated carbocycles. The van der Waals surface area contributed by atoms with E-state index < -0.39 is 5.60 Å². The number of nitrogens with two attached hydrogens (primary N) is 1. The molecule has 1 aliphatic rings. The molecule has 142 valence electrons. The molecular weight excluding hydrogens is 338 g/mol. The molecule has 1 fully saturated rings. The zero-order valence-corrected chi connectivity index (χ0v) is 16.2. The van der Waals surface area contributed by atoms with E-state index in [2.05, 4.69) is 43.7 Å². The molecule has 0 unspecified atom stereocenters. The Balaban J connectivity index is 1.55. The Labute approximate surface area is 161 Å².